The van der Waals surface area contributed by atoms with E-state index < -0.39 is 0 Å². The van der Waals surface area contributed by atoms with Crippen LogP contribution in [0.15, 0.2) is 109 Å². The van der Waals surface area contributed by atoms with Crippen molar-refractivity contribution in [3.63, 3.8) is 0 Å². The van der Waals surface area contributed by atoms with Gasteiger partial charge in [-0.25, -0.2) is 9.97 Å². The highest BCUT2D eigenvalue weighted by Gasteiger charge is 2.26. The average Bonchev–Trinajstić information content (AvgIpc) is 3.11. The first-order valence-corrected chi connectivity index (χ1v) is 16.4. The van der Waals surface area contributed by atoms with Gasteiger partial charge < -0.3 is 15.1 Å². The summed E-state index contributed by atoms with van der Waals surface area (Å²) in [5.41, 5.74) is 6.06. The Labute approximate surface area is 282 Å². The number of nitrogens with one attached hydrogen (secondary N) is 2. The van der Waals surface area contributed by atoms with Crippen molar-refractivity contribution in [3.8, 4) is 22.5 Å². The Kier molecular flexibility index (Phi) is 8.85. The molecular formula is C38H32Cl2N5O2+. The number of rotatable bonds is 7. The summed E-state index contributed by atoms with van der Waals surface area (Å²) >= 11 is 12.2. The summed E-state index contributed by atoms with van der Waals surface area (Å²) in [5.74, 6) is -0.125. The van der Waals surface area contributed by atoms with Gasteiger partial charge in [-0.05, 0) is 48.5 Å². The number of hydrogen-bond acceptors (Lipinski definition) is 4. The number of halogens is 2. The van der Waals surface area contributed by atoms with Gasteiger partial charge in [0, 0.05) is 31.9 Å². The van der Waals surface area contributed by atoms with Gasteiger partial charge in [-0.2, -0.15) is 0 Å². The summed E-state index contributed by atoms with van der Waals surface area (Å²) in [6.45, 7) is 4.15. The molecule has 0 aliphatic carbocycles. The van der Waals surface area contributed by atoms with E-state index in [0.29, 0.717) is 40.8 Å². The van der Waals surface area contributed by atoms with Crippen LogP contribution in [0.2, 0.25) is 10.0 Å². The van der Waals surface area contributed by atoms with Gasteiger partial charge in [-0.3, -0.25) is 9.59 Å². The largest absolute Gasteiger partial charge is 0.346 e. The lowest BCUT2D eigenvalue weighted by Crippen LogP contribution is -3.15. The Hall–Kier alpha value is -4.82. The Balaban J connectivity index is 1.00. The number of fused-ring (bicyclic) bond motifs is 2. The molecule has 6 aromatic rings. The first kappa shape index (κ1) is 30.8. The van der Waals surface area contributed by atoms with Crippen LogP contribution in [-0.2, 0) is 0 Å². The molecule has 0 spiro atoms. The van der Waals surface area contributed by atoms with E-state index >= 15 is 0 Å². The number of hydrogen-bond donors (Lipinski definition) is 2. The second-order valence-corrected chi connectivity index (χ2v) is 12.6. The molecule has 2 aromatic heterocycles. The molecule has 1 saturated heterocycles. The van der Waals surface area contributed by atoms with Crippen LogP contribution in [0.25, 0.3) is 44.3 Å². The minimum atomic E-state index is -0.131. The number of para-hydroxylation sites is 2. The third-order valence-corrected chi connectivity index (χ3v) is 9.21. The summed E-state index contributed by atoms with van der Waals surface area (Å²) in [5, 5.41) is 6.08. The minimum Gasteiger partial charge on any atom is -0.346 e. The summed E-state index contributed by atoms with van der Waals surface area (Å²) < 4.78 is 0. The number of nitrogens with zero attached hydrogens (tertiary/aromatic N) is 3. The molecule has 0 saturated carbocycles. The van der Waals surface area contributed by atoms with Crippen LogP contribution in [0.5, 0.6) is 0 Å². The Bertz CT molecular complexity index is 2090. The third-order valence-electron chi connectivity index (χ3n) is 8.71. The van der Waals surface area contributed by atoms with Gasteiger partial charge in [-0.1, -0.05) is 83.9 Å². The molecule has 0 atom stereocenters. The number of carbonyl (C=O) groups excluding carboxylic acids is 2. The van der Waals surface area contributed by atoms with Crippen molar-refractivity contribution in [2.24, 2.45) is 0 Å². The fraction of sp³-hybridized carbons (Fsp3) is 0.158. The van der Waals surface area contributed by atoms with Crippen LogP contribution in [0, 0.1) is 0 Å². The van der Waals surface area contributed by atoms with Crippen LogP contribution in [0.3, 0.4) is 0 Å². The van der Waals surface area contributed by atoms with E-state index in [4.69, 9.17) is 33.2 Å². The average molecular weight is 662 g/mol. The molecule has 0 unspecified atom stereocenters. The lowest BCUT2D eigenvalue weighted by molar-refractivity contribution is -0.902. The molecule has 3 heterocycles. The fourth-order valence-corrected chi connectivity index (χ4v) is 6.40. The van der Waals surface area contributed by atoms with Gasteiger partial charge >= 0.3 is 0 Å². The molecule has 234 valence electrons. The lowest BCUT2D eigenvalue weighted by atomic mass is 10.0. The standard InChI is InChI=1S/C38H31Cl2N5O2/c39-27-13-9-25(10-14-27)35-23-31(29-5-1-3-7-33(29)42-35)37(46)41-17-18-44-19-21-45(22-20-44)38(47)32-24-36(26-11-15-28(40)16-12-26)43-34-8-4-2-6-30(32)34/h1-16,23-24H,17-22H2,(H,41,46)/p+1. The number of aromatic nitrogens is 2. The monoisotopic (exact) mass is 660 g/mol. The third kappa shape index (κ3) is 6.69. The maximum Gasteiger partial charge on any atom is 0.255 e. The highest BCUT2D eigenvalue weighted by Crippen LogP contribution is 2.28. The highest BCUT2D eigenvalue weighted by atomic mass is 35.5. The predicted octanol–water partition coefficient (Wildman–Crippen LogP) is 6.19. The normalized spacial score (nSPS) is 13.6. The molecule has 1 fully saturated rings. The molecular weight excluding hydrogens is 629 g/mol. The van der Waals surface area contributed by atoms with Gasteiger partial charge in [-0.15, -0.1) is 0 Å². The topological polar surface area (TPSA) is 79.6 Å². The van der Waals surface area contributed by atoms with Gasteiger partial charge in [0.15, 0.2) is 0 Å². The van der Waals surface area contributed by atoms with Crippen molar-refractivity contribution in [1.29, 1.82) is 0 Å². The quantitative estimate of drug-likeness (QED) is 0.214. The number of benzene rings is 4. The van der Waals surface area contributed by atoms with Crippen molar-refractivity contribution in [2.45, 2.75) is 0 Å². The van der Waals surface area contributed by atoms with E-state index in [2.05, 4.69) is 5.32 Å². The molecule has 0 radical (unpaired) electrons. The Morgan fingerprint density at radius 1 is 0.681 bits per heavy atom. The van der Waals surface area contributed by atoms with E-state index in [1.807, 2.05) is 114 Å². The van der Waals surface area contributed by atoms with E-state index in [1.54, 1.807) is 0 Å². The Morgan fingerprint density at radius 2 is 1.17 bits per heavy atom. The zero-order chi connectivity index (χ0) is 32.3. The number of piperazine rings is 1. The van der Waals surface area contributed by atoms with Crippen LogP contribution in [-0.4, -0.2) is 66.0 Å². The molecule has 1 aliphatic heterocycles. The first-order chi connectivity index (χ1) is 22.9. The maximum absolute atomic E-state index is 13.9. The predicted molar refractivity (Wildman–Crippen MR) is 188 cm³/mol. The van der Waals surface area contributed by atoms with Crippen molar-refractivity contribution < 1.29 is 14.5 Å². The van der Waals surface area contributed by atoms with Crippen molar-refractivity contribution in [2.75, 3.05) is 39.3 Å². The summed E-state index contributed by atoms with van der Waals surface area (Å²) in [7, 11) is 0. The smallest absolute Gasteiger partial charge is 0.255 e. The second kappa shape index (κ2) is 13.5. The van der Waals surface area contributed by atoms with E-state index in [-0.39, 0.29) is 11.8 Å². The molecule has 7 rings (SSSR count). The van der Waals surface area contributed by atoms with Crippen molar-refractivity contribution >= 4 is 56.8 Å². The SMILES string of the molecule is O=C(NCC[NH+]1CCN(C(=O)c2cc(-c3ccc(Cl)cc3)nc3ccccc23)CC1)c1cc(-c2ccc(Cl)cc2)nc2ccccc12. The first-order valence-electron chi connectivity index (χ1n) is 15.7. The highest BCUT2D eigenvalue weighted by molar-refractivity contribution is 6.31. The molecule has 7 nitrogen and oxygen atoms in total. The summed E-state index contributed by atoms with van der Waals surface area (Å²) in [6, 6.07) is 34.2. The molecule has 9 heteroatoms. The molecule has 47 heavy (non-hydrogen) atoms. The van der Waals surface area contributed by atoms with Gasteiger partial charge in [0.1, 0.15) is 0 Å². The molecule has 1 aliphatic rings. The molecule has 4 aromatic carbocycles. The number of carbonyl (C=O) groups is 2. The van der Waals surface area contributed by atoms with Gasteiger partial charge in [0.2, 0.25) is 0 Å². The van der Waals surface area contributed by atoms with Crippen LogP contribution in [0.1, 0.15) is 20.7 Å². The number of amides is 2. The van der Waals surface area contributed by atoms with Crippen molar-refractivity contribution in [1.82, 2.24) is 20.2 Å². The van der Waals surface area contributed by atoms with Crippen molar-refractivity contribution in [3.05, 3.63) is 130 Å². The fourth-order valence-electron chi connectivity index (χ4n) is 6.15. The van der Waals surface area contributed by atoms with Crippen LogP contribution >= 0.6 is 23.2 Å². The second-order valence-electron chi connectivity index (χ2n) is 11.7. The van der Waals surface area contributed by atoms with Crippen LogP contribution < -0.4 is 10.2 Å². The molecule has 0 bridgehead atoms. The minimum absolute atomic E-state index is 0.00669. The van der Waals surface area contributed by atoms with Gasteiger partial charge in [0.25, 0.3) is 11.8 Å². The zero-order valence-corrected chi connectivity index (χ0v) is 27.1. The Morgan fingerprint density at radius 3 is 1.72 bits per heavy atom. The van der Waals surface area contributed by atoms with Gasteiger partial charge in [0.05, 0.1) is 72.8 Å². The number of quaternary nitrogens is 1. The van der Waals surface area contributed by atoms with E-state index in [9.17, 15) is 9.59 Å². The summed E-state index contributed by atoms with van der Waals surface area (Å²) in [6.07, 6.45) is 0. The zero-order valence-electron chi connectivity index (χ0n) is 25.5. The lowest BCUT2D eigenvalue weighted by Gasteiger charge is -2.32. The molecule has 2 N–H and O–H groups in total. The molecule has 2 amide bonds. The van der Waals surface area contributed by atoms with E-state index in [1.165, 1.54) is 4.90 Å². The number of pyridine rings is 2. The maximum atomic E-state index is 13.9. The summed E-state index contributed by atoms with van der Waals surface area (Å²) in [4.78, 5) is 40.2. The van der Waals surface area contributed by atoms with E-state index in [0.717, 1.165) is 64.0 Å². The van der Waals surface area contributed by atoms with Crippen LogP contribution in [0.4, 0.5) is 0 Å².